The summed E-state index contributed by atoms with van der Waals surface area (Å²) in [6.45, 7) is 4.05. The first kappa shape index (κ1) is 17.5. The van der Waals surface area contributed by atoms with Gasteiger partial charge in [-0.05, 0) is 48.7 Å². The Balaban J connectivity index is 1.74. The maximum absolute atomic E-state index is 13.3. The van der Waals surface area contributed by atoms with Crippen LogP contribution in [0.3, 0.4) is 0 Å². The maximum atomic E-state index is 13.3. The molecule has 2 heterocycles. The first-order valence-electron chi connectivity index (χ1n) is 8.45. The van der Waals surface area contributed by atoms with Gasteiger partial charge in [0, 0.05) is 5.75 Å². The quantitative estimate of drug-likeness (QED) is 0.427. The van der Waals surface area contributed by atoms with Crippen LogP contribution in [0.25, 0.3) is 16.7 Å². The molecule has 2 aromatic carbocycles. The van der Waals surface area contributed by atoms with Crippen molar-refractivity contribution < 1.29 is 4.39 Å². The van der Waals surface area contributed by atoms with Crippen LogP contribution in [-0.2, 0) is 5.75 Å². The first-order chi connectivity index (χ1) is 13.0. The second-order valence-corrected chi connectivity index (χ2v) is 7.27. The number of nitrogens with zero attached hydrogens (tertiary/aromatic N) is 3. The Morgan fingerprint density at radius 2 is 2.00 bits per heavy atom. The van der Waals surface area contributed by atoms with Gasteiger partial charge in [0.25, 0.3) is 5.56 Å². The average Bonchev–Trinajstić information content (AvgIpc) is 3.07. The molecular formula is C20H17FN4OS. The lowest BCUT2D eigenvalue weighted by molar-refractivity contribution is 0.626. The summed E-state index contributed by atoms with van der Waals surface area (Å²) in [4.78, 5) is 19.8. The molecule has 27 heavy (non-hydrogen) atoms. The van der Waals surface area contributed by atoms with Gasteiger partial charge in [0.05, 0.1) is 11.9 Å². The maximum Gasteiger partial charge on any atom is 0.262 e. The largest absolute Gasteiger partial charge is 0.301 e. The highest BCUT2D eigenvalue weighted by molar-refractivity contribution is 7.98. The topological polar surface area (TPSA) is 63.6 Å². The first-order valence-corrected chi connectivity index (χ1v) is 9.43. The molecule has 0 aliphatic heterocycles. The van der Waals surface area contributed by atoms with Gasteiger partial charge in [-0.25, -0.2) is 14.1 Å². The van der Waals surface area contributed by atoms with Gasteiger partial charge < -0.3 is 4.98 Å². The summed E-state index contributed by atoms with van der Waals surface area (Å²) in [5, 5.41) is 5.29. The molecule has 4 rings (SSSR count). The van der Waals surface area contributed by atoms with Crippen molar-refractivity contribution in [3.8, 4) is 5.69 Å². The standard InChI is InChI=1S/C20H17FN4OS/c1-12-5-3-8-17(13(12)2)25-18-16(10-22-25)19(26)24-20(23-18)27-11-14-6-4-7-15(21)9-14/h3-10H,11H2,1-2H3,(H,23,24,26). The second-order valence-electron chi connectivity index (χ2n) is 6.30. The molecule has 0 bridgehead atoms. The molecule has 0 saturated carbocycles. The van der Waals surface area contributed by atoms with E-state index < -0.39 is 0 Å². The number of nitrogens with one attached hydrogen (secondary N) is 1. The molecule has 4 aromatic rings. The zero-order chi connectivity index (χ0) is 19.0. The van der Waals surface area contributed by atoms with Crippen LogP contribution in [0, 0.1) is 19.7 Å². The summed E-state index contributed by atoms with van der Waals surface area (Å²) in [5.41, 5.74) is 4.21. The van der Waals surface area contributed by atoms with E-state index in [0.29, 0.717) is 21.9 Å². The SMILES string of the molecule is Cc1cccc(-n2ncc3c(=O)[nH]c(SCc4cccc(F)c4)nc32)c1C. The number of hydrogen-bond donors (Lipinski definition) is 1. The van der Waals surface area contributed by atoms with Crippen LogP contribution in [0.15, 0.2) is 58.6 Å². The minimum atomic E-state index is -0.280. The predicted octanol–water partition coefficient (Wildman–Crippen LogP) is 4.16. The predicted molar refractivity (Wildman–Crippen MR) is 105 cm³/mol. The molecule has 0 spiro atoms. The Labute approximate surface area is 159 Å². The smallest absolute Gasteiger partial charge is 0.262 e. The van der Waals surface area contributed by atoms with Crippen molar-refractivity contribution in [2.75, 3.05) is 0 Å². The third-order valence-electron chi connectivity index (χ3n) is 4.49. The number of benzene rings is 2. The summed E-state index contributed by atoms with van der Waals surface area (Å²) in [6, 6.07) is 12.3. The van der Waals surface area contributed by atoms with Crippen LogP contribution in [0.2, 0.25) is 0 Å². The normalized spacial score (nSPS) is 11.2. The Hall–Kier alpha value is -2.93. The minimum absolute atomic E-state index is 0.238. The number of aryl methyl sites for hydroxylation is 1. The highest BCUT2D eigenvalue weighted by Gasteiger charge is 2.14. The fraction of sp³-hybridized carbons (Fsp3) is 0.150. The number of thioether (sulfide) groups is 1. The van der Waals surface area contributed by atoms with E-state index in [4.69, 9.17) is 0 Å². The monoisotopic (exact) mass is 380 g/mol. The van der Waals surface area contributed by atoms with E-state index in [1.54, 1.807) is 10.7 Å². The number of aromatic amines is 1. The molecule has 0 saturated heterocycles. The summed E-state index contributed by atoms with van der Waals surface area (Å²) in [6.07, 6.45) is 1.53. The van der Waals surface area contributed by atoms with Gasteiger partial charge in [0.2, 0.25) is 0 Å². The van der Waals surface area contributed by atoms with Gasteiger partial charge in [0.15, 0.2) is 10.8 Å². The van der Waals surface area contributed by atoms with Gasteiger partial charge in [-0.2, -0.15) is 5.10 Å². The van der Waals surface area contributed by atoms with Crippen LogP contribution < -0.4 is 5.56 Å². The summed E-state index contributed by atoms with van der Waals surface area (Å²) >= 11 is 1.35. The van der Waals surface area contributed by atoms with Crippen molar-refractivity contribution in [1.29, 1.82) is 0 Å². The van der Waals surface area contributed by atoms with Crippen LogP contribution in [0.5, 0.6) is 0 Å². The summed E-state index contributed by atoms with van der Waals surface area (Å²) in [7, 11) is 0. The van der Waals surface area contributed by atoms with E-state index in [-0.39, 0.29) is 11.4 Å². The van der Waals surface area contributed by atoms with E-state index in [9.17, 15) is 9.18 Å². The molecule has 136 valence electrons. The van der Waals surface area contributed by atoms with E-state index >= 15 is 0 Å². The molecule has 0 unspecified atom stereocenters. The molecule has 5 nitrogen and oxygen atoms in total. The Morgan fingerprint density at radius 1 is 1.19 bits per heavy atom. The van der Waals surface area contributed by atoms with Crippen molar-refractivity contribution in [2.24, 2.45) is 0 Å². The molecule has 0 atom stereocenters. The van der Waals surface area contributed by atoms with Crippen molar-refractivity contribution >= 4 is 22.8 Å². The van der Waals surface area contributed by atoms with Crippen molar-refractivity contribution in [3.05, 3.63) is 81.5 Å². The van der Waals surface area contributed by atoms with E-state index in [1.807, 2.05) is 38.1 Å². The molecule has 7 heteroatoms. The number of hydrogen-bond acceptors (Lipinski definition) is 4. The Kier molecular flexibility index (Phi) is 4.53. The molecule has 2 aromatic heterocycles. The Morgan fingerprint density at radius 3 is 2.81 bits per heavy atom. The van der Waals surface area contributed by atoms with Gasteiger partial charge in [-0.15, -0.1) is 0 Å². The third kappa shape index (κ3) is 3.38. The number of fused-ring (bicyclic) bond motifs is 1. The van der Waals surface area contributed by atoms with E-state index in [1.165, 1.54) is 30.1 Å². The lowest BCUT2D eigenvalue weighted by atomic mass is 10.1. The van der Waals surface area contributed by atoms with Gasteiger partial charge in [-0.1, -0.05) is 36.0 Å². The number of H-pyrrole nitrogens is 1. The highest BCUT2D eigenvalue weighted by Crippen LogP contribution is 2.23. The molecule has 1 N–H and O–H groups in total. The third-order valence-corrected chi connectivity index (χ3v) is 5.43. The minimum Gasteiger partial charge on any atom is -0.301 e. The zero-order valence-electron chi connectivity index (χ0n) is 14.9. The summed E-state index contributed by atoms with van der Waals surface area (Å²) < 4.78 is 15.0. The fourth-order valence-electron chi connectivity index (χ4n) is 2.89. The van der Waals surface area contributed by atoms with E-state index in [2.05, 4.69) is 15.1 Å². The number of aromatic nitrogens is 4. The highest BCUT2D eigenvalue weighted by atomic mass is 32.2. The molecule has 0 radical (unpaired) electrons. The molecule has 0 amide bonds. The fourth-order valence-corrected chi connectivity index (χ4v) is 3.69. The van der Waals surface area contributed by atoms with Crippen LogP contribution in [0.4, 0.5) is 4.39 Å². The van der Waals surface area contributed by atoms with E-state index in [0.717, 1.165) is 22.4 Å². The molecule has 0 fully saturated rings. The van der Waals surface area contributed by atoms with Gasteiger partial charge in [0.1, 0.15) is 11.2 Å². The second kappa shape index (κ2) is 7.00. The molecule has 0 aliphatic rings. The van der Waals surface area contributed by atoms with Gasteiger partial charge in [-0.3, -0.25) is 4.79 Å². The van der Waals surface area contributed by atoms with Crippen molar-refractivity contribution in [3.63, 3.8) is 0 Å². The lowest BCUT2D eigenvalue weighted by Crippen LogP contribution is -2.10. The van der Waals surface area contributed by atoms with Crippen LogP contribution in [-0.4, -0.2) is 19.7 Å². The molecule has 0 aliphatic carbocycles. The number of halogens is 1. The Bertz CT molecular complexity index is 1200. The average molecular weight is 380 g/mol. The van der Waals surface area contributed by atoms with Crippen LogP contribution >= 0.6 is 11.8 Å². The lowest BCUT2D eigenvalue weighted by Gasteiger charge is -2.09. The zero-order valence-corrected chi connectivity index (χ0v) is 15.7. The van der Waals surface area contributed by atoms with Crippen molar-refractivity contribution in [2.45, 2.75) is 24.8 Å². The number of rotatable bonds is 4. The summed E-state index contributed by atoms with van der Waals surface area (Å²) in [5.74, 6) is 0.224. The van der Waals surface area contributed by atoms with Crippen molar-refractivity contribution in [1.82, 2.24) is 19.7 Å². The molecular weight excluding hydrogens is 363 g/mol. The van der Waals surface area contributed by atoms with Crippen LogP contribution in [0.1, 0.15) is 16.7 Å². The van der Waals surface area contributed by atoms with Gasteiger partial charge >= 0.3 is 0 Å².